The van der Waals surface area contributed by atoms with Crippen molar-refractivity contribution in [2.75, 3.05) is 11.9 Å². The molecule has 38 heavy (non-hydrogen) atoms. The van der Waals surface area contributed by atoms with Crippen molar-refractivity contribution in [3.05, 3.63) is 58.1 Å². The van der Waals surface area contributed by atoms with Gasteiger partial charge in [-0.25, -0.2) is 9.98 Å². The van der Waals surface area contributed by atoms with Crippen LogP contribution in [0.3, 0.4) is 0 Å². The number of alkyl halides is 4. The van der Waals surface area contributed by atoms with E-state index in [0.717, 1.165) is 49.7 Å². The van der Waals surface area contributed by atoms with Crippen LogP contribution in [-0.4, -0.2) is 46.1 Å². The second kappa shape index (κ2) is 10.6. The highest BCUT2D eigenvalue weighted by atomic mass is 35.5. The molecule has 3 aliphatic rings. The predicted molar refractivity (Wildman–Crippen MR) is 143 cm³/mol. The molecule has 7 nitrogen and oxygen atoms in total. The normalized spacial score (nSPS) is 26.2. The zero-order valence-electron chi connectivity index (χ0n) is 20.4. The number of hydrogen-bond donors (Lipinski definition) is 3. The van der Waals surface area contributed by atoms with Crippen molar-refractivity contribution < 1.29 is 18.0 Å². The van der Waals surface area contributed by atoms with Gasteiger partial charge in [0.05, 0.1) is 28.6 Å². The molecule has 202 valence electrons. The van der Waals surface area contributed by atoms with Crippen molar-refractivity contribution in [3.8, 4) is 0 Å². The Morgan fingerprint density at radius 2 is 1.92 bits per heavy atom. The molecule has 1 aromatic carbocycles. The minimum Gasteiger partial charge on any atom is -0.385 e. The first kappa shape index (κ1) is 26.6. The fourth-order valence-corrected chi connectivity index (χ4v) is 5.78. The number of carbonyl (C=O) groups excluding carboxylic acids is 1. The van der Waals surface area contributed by atoms with Gasteiger partial charge in [-0.1, -0.05) is 11.6 Å². The molecule has 4 N–H and O–H groups in total. The van der Waals surface area contributed by atoms with Crippen molar-refractivity contribution >= 4 is 52.0 Å². The number of fused-ring (bicyclic) bond motifs is 1. The molecule has 0 spiro atoms. The molecule has 3 heterocycles. The molecule has 1 aromatic heterocycles. The number of primary amides is 1. The fraction of sp³-hybridized carbons (Fsp3) is 0.423. The summed E-state index contributed by atoms with van der Waals surface area (Å²) in [5, 5.41) is 7.45. The number of nitrogens with one attached hydrogen (secondary N) is 2. The Hall–Kier alpha value is -2.98. The molecule has 1 unspecified atom stereocenters. The number of halogens is 5. The van der Waals surface area contributed by atoms with Crippen LogP contribution in [0.5, 0.6) is 0 Å². The summed E-state index contributed by atoms with van der Waals surface area (Å²) in [5.74, 6) is -0.614. The highest BCUT2D eigenvalue weighted by Crippen LogP contribution is 2.37. The van der Waals surface area contributed by atoms with Gasteiger partial charge in [0.25, 0.3) is 5.91 Å². The van der Waals surface area contributed by atoms with E-state index >= 15 is 0 Å². The number of anilines is 1. The van der Waals surface area contributed by atoms with Gasteiger partial charge in [-0.2, -0.15) is 13.2 Å². The fourth-order valence-electron chi connectivity index (χ4n) is 5.26. The van der Waals surface area contributed by atoms with Crippen LogP contribution in [0.25, 0.3) is 10.9 Å². The van der Waals surface area contributed by atoms with Crippen LogP contribution in [0.15, 0.2) is 52.4 Å². The van der Waals surface area contributed by atoms with Crippen molar-refractivity contribution in [3.63, 3.8) is 0 Å². The molecule has 2 aliphatic heterocycles. The number of hydrogen-bond acceptors (Lipinski definition) is 6. The Balaban J connectivity index is 1.36. The summed E-state index contributed by atoms with van der Waals surface area (Å²) in [7, 11) is 0. The Kier molecular flexibility index (Phi) is 7.46. The van der Waals surface area contributed by atoms with Gasteiger partial charge in [0.2, 0.25) is 0 Å². The topological polar surface area (TPSA) is 95.6 Å². The maximum atomic E-state index is 13.5. The summed E-state index contributed by atoms with van der Waals surface area (Å²) < 4.78 is 40.6. The number of carbonyl (C=O) groups is 1. The highest BCUT2D eigenvalue weighted by Gasteiger charge is 2.35. The van der Waals surface area contributed by atoms with Crippen LogP contribution < -0.4 is 16.4 Å². The van der Waals surface area contributed by atoms with Crippen LogP contribution in [0, 0.1) is 0 Å². The van der Waals surface area contributed by atoms with Gasteiger partial charge in [0.15, 0.2) is 0 Å². The molecule has 2 aromatic rings. The molecule has 12 heteroatoms. The van der Waals surface area contributed by atoms with Gasteiger partial charge >= 0.3 is 6.18 Å². The van der Waals surface area contributed by atoms with Gasteiger partial charge in [0, 0.05) is 34.7 Å². The standard InChI is InChI=1S/C26H27Cl2F3N6O/c27-14-3-8-19-17(10-14)20(12-23(36-19)26(29,30)31)35-15-4-6-16(7-5-15)37-13-34-21(25(32)38)11-22(37)24-18(28)2-1-9-33-24/h3,8,10-13,15-16,18,33H,1-2,4-7,9H2,(H2,32,38)(H,35,36)/b24-22-. The van der Waals surface area contributed by atoms with E-state index in [1.165, 1.54) is 12.1 Å². The number of aliphatic imine (C=N–C) groups is 1. The number of nitrogens with two attached hydrogens (primary N) is 1. The minimum absolute atomic E-state index is 0.0416. The van der Waals surface area contributed by atoms with E-state index in [9.17, 15) is 18.0 Å². The molecule has 0 radical (unpaired) electrons. The van der Waals surface area contributed by atoms with E-state index in [-0.39, 0.29) is 28.7 Å². The Morgan fingerprint density at radius 3 is 2.61 bits per heavy atom. The molecule has 1 saturated carbocycles. The van der Waals surface area contributed by atoms with E-state index in [4.69, 9.17) is 28.9 Å². The minimum atomic E-state index is -4.57. The Bertz CT molecular complexity index is 1330. The van der Waals surface area contributed by atoms with Crippen molar-refractivity contribution in [2.24, 2.45) is 10.7 Å². The summed E-state index contributed by atoms with van der Waals surface area (Å²) in [5.41, 5.74) is 6.94. The lowest BCUT2D eigenvalue weighted by Gasteiger charge is -2.40. The summed E-state index contributed by atoms with van der Waals surface area (Å²) in [6.07, 6.45) is 3.46. The van der Waals surface area contributed by atoms with Gasteiger partial charge in [-0.3, -0.25) is 4.79 Å². The largest absolute Gasteiger partial charge is 0.433 e. The molecule has 2 fully saturated rings. The first-order chi connectivity index (χ1) is 18.1. The third-order valence-electron chi connectivity index (χ3n) is 7.18. The SMILES string of the molecule is NC(=O)C1=C/C(=C2/NCCCC2Cl)N(C2CCC(Nc3cc(C(F)(F)F)nc4ccc(Cl)cc34)CC2)C=N1. The maximum Gasteiger partial charge on any atom is 0.433 e. The third-order valence-corrected chi connectivity index (χ3v) is 7.85. The number of pyridine rings is 1. The zero-order chi connectivity index (χ0) is 27.0. The van der Waals surface area contributed by atoms with E-state index in [1.807, 2.05) is 4.90 Å². The summed E-state index contributed by atoms with van der Waals surface area (Å²) in [6.45, 7) is 0.785. The summed E-state index contributed by atoms with van der Waals surface area (Å²) in [4.78, 5) is 21.9. The molecule has 1 amide bonds. The van der Waals surface area contributed by atoms with Crippen molar-refractivity contribution in [1.29, 1.82) is 0 Å². The summed E-state index contributed by atoms with van der Waals surface area (Å²) in [6, 6.07) is 5.74. The highest BCUT2D eigenvalue weighted by molar-refractivity contribution is 6.31. The first-order valence-corrected chi connectivity index (χ1v) is 13.3. The van der Waals surface area contributed by atoms with Crippen molar-refractivity contribution in [2.45, 2.75) is 62.2 Å². The first-order valence-electron chi connectivity index (χ1n) is 12.5. The second-order valence-electron chi connectivity index (χ2n) is 9.75. The number of aromatic nitrogens is 1. The van der Waals surface area contributed by atoms with Gasteiger partial charge in [-0.15, -0.1) is 11.6 Å². The molecule has 1 aliphatic carbocycles. The summed E-state index contributed by atoms with van der Waals surface area (Å²) >= 11 is 12.8. The van der Waals surface area contributed by atoms with Crippen LogP contribution in [0.1, 0.15) is 44.2 Å². The van der Waals surface area contributed by atoms with Crippen molar-refractivity contribution in [1.82, 2.24) is 15.2 Å². The molecule has 1 atom stereocenters. The molecule has 5 rings (SSSR count). The lowest BCUT2D eigenvalue weighted by molar-refractivity contribution is -0.140. The third kappa shape index (κ3) is 5.56. The number of rotatable bonds is 4. The van der Waals surface area contributed by atoms with Gasteiger partial charge < -0.3 is 21.3 Å². The lowest BCUT2D eigenvalue weighted by Crippen LogP contribution is -2.43. The van der Waals surface area contributed by atoms with E-state index in [1.54, 1.807) is 18.5 Å². The van der Waals surface area contributed by atoms with Crippen LogP contribution in [0.2, 0.25) is 5.02 Å². The van der Waals surface area contributed by atoms with Gasteiger partial charge in [-0.05, 0) is 68.9 Å². The number of amides is 1. The number of allylic oxidation sites excluding steroid dienone is 2. The average Bonchev–Trinajstić information content (AvgIpc) is 2.89. The molecule has 1 saturated heterocycles. The van der Waals surface area contributed by atoms with E-state index in [0.29, 0.717) is 28.9 Å². The van der Waals surface area contributed by atoms with Crippen LogP contribution in [-0.2, 0) is 11.0 Å². The zero-order valence-corrected chi connectivity index (χ0v) is 21.9. The average molecular weight is 567 g/mol. The Morgan fingerprint density at radius 1 is 1.16 bits per heavy atom. The lowest BCUT2D eigenvalue weighted by atomic mass is 9.89. The Labute approximate surface area is 227 Å². The predicted octanol–water partition coefficient (Wildman–Crippen LogP) is 5.55. The van der Waals surface area contributed by atoms with E-state index in [2.05, 4.69) is 20.6 Å². The molecular formula is C26H27Cl2F3N6O. The van der Waals surface area contributed by atoms with Gasteiger partial charge in [0.1, 0.15) is 11.4 Å². The number of piperidine rings is 1. The number of nitrogens with zero attached hydrogens (tertiary/aromatic N) is 3. The smallest absolute Gasteiger partial charge is 0.385 e. The quantitative estimate of drug-likeness (QED) is 0.422. The number of benzene rings is 1. The maximum absolute atomic E-state index is 13.5. The molecular weight excluding hydrogens is 540 g/mol. The van der Waals surface area contributed by atoms with Crippen LogP contribution >= 0.6 is 23.2 Å². The second-order valence-corrected chi connectivity index (χ2v) is 10.7. The van der Waals surface area contributed by atoms with E-state index < -0.39 is 17.8 Å². The van der Waals surface area contributed by atoms with Crippen LogP contribution in [0.4, 0.5) is 18.9 Å². The molecule has 0 bridgehead atoms. The monoisotopic (exact) mass is 566 g/mol.